The van der Waals surface area contributed by atoms with Crippen LogP contribution in [0.4, 0.5) is 5.69 Å². The fraction of sp³-hybridized carbons (Fsp3) is 0.417. The van der Waals surface area contributed by atoms with Gasteiger partial charge in [-0.25, -0.2) is 13.1 Å². The third kappa shape index (κ3) is 3.63. The summed E-state index contributed by atoms with van der Waals surface area (Å²) in [5, 5.41) is 22.4. The predicted octanol–water partition coefficient (Wildman–Crippen LogP) is 0.290. The third-order valence-corrected chi connectivity index (χ3v) is 6.68. The van der Waals surface area contributed by atoms with Crippen LogP contribution in [0.25, 0.3) is 0 Å². The molecule has 1 aliphatic rings. The largest absolute Gasteiger partial charge is 0.379 e. The first kappa shape index (κ1) is 17.7. The van der Waals surface area contributed by atoms with E-state index in [4.69, 9.17) is 4.74 Å². The van der Waals surface area contributed by atoms with Crippen molar-refractivity contribution in [2.75, 3.05) is 26.3 Å². The van der Waals surface area contributed by atoms with Gasteiger partial charge in [0.25, 0.3) is 5.69 Å². The average molecular weight is 386 g/mol. The molecule has 0 bridgehead atoms. The number of nitro benzene ring substituents is 1. The summed E-state index contributed by atoms with van der Waals surface area (Å²) in [4.78, 5) is 10.6. The molecule has 25 heavy (non-hydrogen) atoms. The van der Waals surface area contributed by atoms with Gasteiger partial charge >= 0.3 is 0 Å². The summed E-state index contributed by atoms with van der Waals surface area (Å²) < 4.78 is 33.8. The molecule has 2 heterocycles. The number of aromatic nitrogens is 4. The summed E-state index contributed by atoms with van der Waals surface area (Å²) in [7, 11) is -2.30. The molecule has 0 atom stereocenters. The van der Waals surface area contributed by atoms with E-state index in [1.165, 1.54) is 21.1 Å². The molecule has 0 unspecified atom stereocenters. The molecule has 1 aromatic heterocycles. The molecule has 0 amide bonds. The number of non-ortho nitro benzene ring substituents is 1. The molecule has 0 radical (unpaired) electrons. The Hall–Kier alpha value is -2.09. The van der Waals surface area contributed by atoms with Gasteiger partial charge < -0.3 is 4.74 Å². The van der Waals surface area contributed by atoms with E-state index >= 15 is 0 Å². The van der Waals surface area contributed by atoms with Crippen LogP contribution in [0, 0.1) is 10.1 Å². The van der Waals surface area contributed by atoms with Gasteiger partial charge in [-0.05, 0) is 28.3 Å². The fourth-order valence-corrected chi connectivity index (χ4v) is 4.91. The Bertz CT molecular complexity index is 893. The van der Waals surface area contributed by atoms with E-state index in [0.29, 0.717) is 10.1 Å². The summed E-state index contributed by atoms with van der Waals surface area (Å²) in [5.41, 5.74) is -0.299. The number of rotatable bonds is 5. The lowest BCUT2D eigenvalue weighted by Crippen LogP contribution is -2.40. The van der Waals surface area contributed by atoms with Gasteiger partial charge in [-0.1, -0.05) is 0 Å². The Labute approximate surface area is 147 Å². The van der Waals surface area contributed by atoms with Crippen LogP contribution in [0.15, 0.2) is 33.1 Å². The maximum absolute atomic E-state index is 13.0. The first-order valence-corrected chi connectivity index (χ1v) is 9.42. The number of benzene rings is 1. The van der Waals surface area contributed by atoms with Crippen LogP contribution in [0.3, 0.4) is 0 Å². The second kappa shape index (κ2) is 7.03. The molecule has 1 fully saturated rings. The molecular weight excluding hydrogens is 372 g/mol. The highest BCUT2D eigenvalue weighted by Gasteiger charge is 2.31. The van der Waals surface area contributed by atoms with Gasteiger partial charge in [0.05, 0.1) is 18.1 Å². The lowest BCUT2D eigenvalue weighted by Gasteiger charge is -2.26. The second-order valence-electron chi connectivity index (χ2n) is 5.09. The molecule has 0 N–H and O–H groups in total. The van der Waals surface area contributed by atoms with E-state index in [2.05, 4.69) is 15.5 Å². The summed E-state index contributed by atoms with van der Waals surface area (Å²) in [5.74, 6) is 0. The van der Waals surface area contributed by atoms with Gasteiger partial charge in [0.15, 0.2) is 0 Å². The maximum atomic E-state index is 13.0. The van der Waals surface area contributed by atoms with Crippen LogP contribution in [0.2, 0.25) is 0 Å². The zero-order valence-corrected chi connectivity index (χ0v) is 14.7. The molecule has 0 saturated carbocycles. The predicted molar refractivity (Wildman–Crippen MR) is 85.6 cm³/mol. The van der Waals surface area contributed by atoms with E-state index < -0.39 is 14.9 Å². The molecule has 134 valence electrons. The van der Waals surface area contributed by atoms with Crippen LogP contribution in [-0.4, -0.2) is 64.2 Å². The smallest absolute Gasteiger partial charge is 0.270 e. The molecule has 1 aliphatic heterocycles. The third-order valence-electron chi connectivity index (χ3n) is 3.51. The summed E-state index contributed by atoms with van der Waals surface area (Å²) >= 11 is 1.03. The van der Waals surface area contributed by atoms with Gasteiger partial charge in [0.2, 0.25) is 15.2 Å². The number of aryl methyl sites for hydroxylation is 1. The van der Waals surface area contributed by atoms with Crippen molar-refractivity contribution in [3.05, 3.63) is 28.3 Å². The SMILES string of the molecule is Cn1nnnc1Sc1ccc([N+](=O)[O-])cc1S(=O)(=O)N1CCOCC1. The number of hydrogen-bond acceptors (Lipinski definition) is 9. The number of ether oxygens (including phenoxy) is 1. The van der Waals surface area contributed by atoms with Crippen molar-refractivity contribution in [2.45, 2.75) is 14.9 Å². The molecule has 0 spiro atoms. The highest BCUT2D eigenvalue weighted by atomic mass is 32.2. The molecule has 1 aromatic carbocycles. The summed E-state index contributed by atoms with van der Waals surface area (Å²) in [6.45, 7) is 0.953. The van der Waals surface area contributed by atoms with Crippen molar-refractivity contribution in [1.29, 1.82) is 0 Å². The molecule has 13 heteroatoms. The normalized spacial score (nSPS) is 16.0. The van der Waals surface area contributed by atoms with Gasteiger partial charge in [-0.2, -0.15) is 4.31 Å². The Morgan fingerprint density at radius 1 is 1.32 bits per heavy atom. The Balaban J connectivity index is 2.06. The number of nitro groups is 1. The minimum absolute atomic E-state index is 0.142. The standard InChI is InChI=1S/C12H14N6O5S2/c1-16-12(13-14-15-16)24-10-3-2-9(18(19)20)8-11(10)25(21,22)17-4-6-23-7-5-17/h2-3,8H,4-7H2,1H3. The van der Waals surface area contributed by atoms with Crippen molar-refractivity contribution in [1.82, 2.24) is 24.5 Å². The van der Waals surface area contributed by atoms with Crippen LogP contribution in [-0.2, 0) is 21.8 Å². The van der Waals surface area contributed by atoms with Crippen LogP contribution in [0.1, 0.15) is 0 Å². The van der Waals surface area contributed by atoms with Crippen LogP contribution < -0.4 is 0 Å². The Kier molecular flexibility index (Phi) is 4.99. The van der Waals surface area contributed by atoms with Gasteiger partial charge in [-0.15, -0.1) is 5.10 Å². The minimum atomic E-state index is -3.91. The number of morpholine rings is 1. The van der Waals surface area contributed by atoms with E-state index in [0.717, 1.165) is 17.8 Å². The average Bonchev–Trinajstić information content (AvgIpc) is 3.00. The highest BCUT2D eigenvalue weighted by Crippen LogP contribution is 2.35. The summed E-state index contributed by atoms with van der Waals surface area (Å²) in [6.07, 6.45) is 0. The molecule has 0 aliphatic carbocycles. The molecule has 11 nitrogen and oxygen atoms in total. The number of tetrazole rings is 1. The topological polar surface area (TPSA) is 133 Å². The van der Waals surface area contributed by atoms with Gasteiger partial charge in [0, 0.05) is 37.2 Å². The zero-order valence-electron chi connectivity index (χ0n) is 13.1. The highest BCUT2D eigenvalue weighted by molar-refractivity contribution is 8.00. The van der Waals surface area contributed by atoms with Crippen molar-refractivity contribution in [3.8, 4) is 0 Å². The minimum Gasteiger partial charge on any atom is -0.379 e. The lowest BCUT2D eigenvalue weighted by molar-refractivity contribution is -0.385. The number of hydrogen-bond donors (Lipinski definition) is 0. The Morgan fingerprint density at radius 3 is 2.64 bits per heavy atom. The Morgan fingerprint density at radius 2 is 2.04 bits per heavy atom. The zero-order chi connectivity index (χ0) is 18.0. The van der Waals surface area contributed by atoms with Gasteiger partial charge in [-0.3, -0.25) is 10.1 Å². The van der Waals surface area contributed by atoms with Crippen molar-refractivity contribution >= 4 is 27.5 Å². The van der Waals surface area contributed by atoms with Crippen molar-refractivity contribution < 1.29 is 18.1 Å². The van der Waals surface area contributed by atoms with E-state index in [1.54, 1.807) is 7.05 Å². The first-order chi connectivity index (χ1) is 11.9. The van der Waals surface area contributed by atoms with E-state index in [1.807, 2.05) is 0 Å². The van der Waals surface area contributed by atoms with E-state index in [9.17, 15) is 18.5 Å². The van der Waals surface area contributed by atoms with E-state index in [-0.39, 0.29) is 36.9 Å². The quantitative estimate of drug-likeness (QED) is 0.525. The lowest BCUT2D eigenvalue weighted by atomic mass is 10.3. The van der Waals surface area contributed by atoms with Crippen LogP contribution in [0.5, 0.6) is 0 Å². The molecule has 2 aromatic rings. The number of nitrogens with zero attached hydrogens (tertiary/aromatic N) is 6. The van der Waals surface area contributed by atoms with Crippen molar-refractivity contribution in [3.63, 3.8) is 0 Å². The monoisotopic (exact) mass is 386 g/mol. The molecule has 1 saturated heterocycles. The molecular formula is C12H14N6O5S2. The van der Waals surface area contributed by atoms with Crippen molar-refractivity contribution in [2.24, 2.45) is 7.05 Å². The summed E-state index contributed by atoms with van der Waals surface area (Å²) in [6, 6.07) is 3.71. The maximum Gasteiger partial charge on any atom is 0.270 e. The van der Waals surface area contributed by atoms with Crippen LogP contribution >= 0.6 is 11.8 Å². The van der Waals surface area contributed by atoms with Gasteiger partial charge in [0.1, 0.15) is 4.90 Å². The second-order valence-corrected chi connectivity index (χ2v) is 8.01. The molecule has 3 rings (SSSR count). The number of sulfonamides is 1. The fourth-order valence-electron chi connectivity index (χ4n) is 2.23. The first-order valence-electron chi connectivity index (χ1n) is 7.16.